The summed E-state index contributed by atoms with van der Waals surface area (Å²) in [5, 5.41) is 22.3. The summed E-state index contributed by atoms with van der Waals surface area (Å²) in [6.07, 6.45) is 5.58. The van der Waals surface area contributed by atoms with Crippen LogP contribution in [0, 0.1) is 19.3 Å². The van der Waals surface area contributed by atoms with E-state index in [1.807, 2.05) is 38.1 Å². The number of hydrogen-bond donors (Lipinski definition) is 5. The van der Waals surface area contributed by atoms with Crippen molar-refractivity contribution in [3.05, 3.63) is 106 Å². The number of β-amino-alcohol motifs (C(OH)–C–C–N with tert-alkyl or cyclic N) is 1. The lowest BCUT2D eigenvalue weighted by Crippen LogP contribution is -2.58. The molecule has 1 aliphatic carbocycles. The number of nitrogens with zero attached hydrogens (tertiary/aromatic N) is 4. The number of aliphatic hydroxyl groups excluding tert-OH is 1. The minimum absolute atomic E-state index is 0.0131. The van der Waals surface area contributed by atoms with Crippen LogP contribution in [-0.2, 0) is 54.6 Å². The van der Waals surface area contributed by atoms with Crippen LogP contribution in [-0.4, -0.2) is 125 Å². The third-order valence-electron chi connectivity index (χ3n) is 13.7. The highest BCUT2D eigenvalue weighted by molar-refractivity contribution is 7.13. The normalized spacial score (nSPS) is 17.3. The molecule has 2 aromatic heterocycles. The smallest absolute Gasteiger partial charge is 0.252 e. The van der Waals surface area contributed by atoms with Crippen LogP contribution in [0.4, 0.5) is 0 Å². The van der Waals surface area contributed by atoms with Crippen molar-refractivity contribution >= 4 is 40.9 Å². The maximum atomic E-state index is 14.0. The van der Waals surface area contributed by atoms with Crippen LogP contribution in [0.3, 0.4) is 0 Å². The number of carbonyl (C=O) groups excluding carboxylic acids is 5. The number of carbonyl (C=O) groups is 5. The summed E-state index contributed by atoms with van der Waals surface area (Å²) in [4.78, 5) is 78.3. The first kappa shape index (κ1) is 53.6. The molecule has 4 atom stereocenters. The number of aryl methyl sites for hydroxylation is 4. The third-order valence-corrected chi connectivity index (χ3v) is 14.7. The zero-order valence-corrected chi connectivity index (χ0v) is 43.9. The van der Waals surface area contributed by atoms with Gasteiger partial charge in [-0.25, -0.2) is 9.97 Å². The first-order valence-corrected chi connectivity index (χ1v) is 26.2. The second-order valence-corrected chi connectivity index (χ2v) is 21.1. The van der Waals surface area contributed by atoms with E-state index in [4.69, 9.17) is 23.9 Å². The van der Waals surface area contributed by atoms with Gasteiger partial charge in [0.25, 0.3) is 5.91 Å². The van der Waals surface area contributed by atoms with Gasteiger partial charge in [0.1, 0.15) is 42.6 Å². The molecule has 2 aliphatic heterocycles. The number of nitrogens with one attached hydrogen (secondary N) is 4. The molecule has 74 heavy (non-hydrogen) atoms. The number of amides is 5. The van der Waals surface area contributed by atoms with Gasteiger partial charge in [0, 0.05) is 61.9 Å². The third kappa shape index (κ3) is 13.2. The molecule has 3 aliphatic rings. The van der Waals surface area contributed by atoms with Crippen molar-refractivity contribution in [3.63, 3.8) is 0 Å². The number of methoxy groups -OCH3 is 1. The fraction of sp³-hybridized carbons (Fsp3) is 0.473. The predicted molar refractivity (Wildman–Crippen MR) is 279 cm³/mol. The minimum atomic E-state index is -1.01. The van der Waals surface area contributed by atoms with E-state index >= 15 is 0 Å². The Hall–Kier alpha value is -6.67. The number of likely N-dealkylation sites (tertiary alicyclic amines) is 1. The summed E-state index contributed by atoms with van der Waals surface area (Å²) < 4.78 is 24.9. The van der Waals surface area contributed by atoms with Crippen LogP contribution in [0.25, 0.3) is 21.7 Å². The molecular formula is C55H68N8O10S. The van der Waals surface area contributed by atoms with Crippen LogP contribution in [0.5, 0.6) is 11.5 Å². The van der Waals surface area contributed by atoms with Gasteiger partial charge in [0.2, 0.25) is 23.6 Å². The average molecular weight is 1030 g/mol. The van der Waals surface area contributed by atoms with E-state index in [2.05, 4.69) is 55.2 Å². The molecule has 0 spiro atoms. The van der Waals surface area contributed by atoms with Crippen molar-refractivity contribution < 1.29 is 48.0 Å². The molecule has 1 unspecified atom stereocenters. The highest BCUT2D eigenvalue weighted by Crippen LogP contribution is 2.36. The molecule has 5 N–H and O–H groups in total. The van der Waals surface area contributed by atoms with Gasteiger partial charge in [-0.2, -0.15) is 0 Å². The van der Waals surface area contributed by atoms with E-state index in [0.717, 1.165) is 82.1 Å². The Bertz CT molecular complexity index is 2800. The van der Waals surface area contributed by atoms with Crippen LogP contribution < -0.4 is 30.7 Å². The standard InChI is InChI=1S/C55H68N8O10S/c1-33-45(70-6)24-39(52(67)60-42-17-16-36-14-15-38(23-41(36)42)43-29-62-19-7-9-47(62)59-43)25-46(33)73-20-8-18-56-48(65)30-71-21-22-72-31-49(66)61-51(55(3,4)5)54(69)63-28-40(64)26-44(63)53(68)57-27-35-10-12-37(13-11-35)50-34(2)58-32-74-50/h10-15,23-25,29,32,40,42,44,51,64H,7-9,16-22,26-28,30-31H2,1-6H3,(H,56,65)(H,57,68)(H,60,67)(H,61,66)/t40-,42-,44+,51?/m1/s1. The van der Waals surface area contributed by atoms with E-state index in [1.165, 1.54) is 10.5 Å². The summed E-state index contributed by atoms with van der Waals surface area (Å²) in [5.74, 6) is 0.178. The lowest BCUT2D eigenvalue weighted by atomic mass is 9.85. The second-order valence-electron chi connectivity index (χ2n) is 20.2. The first-order chi connectivity index (χ1) is 35.6. The van der Waals surface area contributed by atoms with Crippen molar-refractivity contribution in [1.82, 2.24) is 40.7 Å². The maximum Gasteiger partial charge on any atom is 0.252 e. The molecule has 4 heterocycles. The van der Waals surface area contributed by atoms with Crippen molar-refractivity contribution in [2.24, 2.45) is 5.41 Å². The first-order valence-electron chi connectivity index (χ1n) is 25.3. The summed E-state index contributed by atoms with van der Waals surface area (Å²) >= 11 is 1.56. The second kappa shape index (κ2) is 24.1. The van der Waals surface area contributed by atoms with Gasteiger partial charge in [-0.15, -0.1) is 11.3 Å². The van der Waals surface area contributed by atoms with Crippen molar-refractivity contribution in [3.8, 4) is 33.2 Å². The largest absolute Gasteiger partial charge is 0.496 e. The summed E-state index contributed by atoms with van der Waals surface area (Å²) in [7, 11) is 1.55. The summed E-state index contributed by atoms with van der Waals surface area (Å²) in [6, 6.07) is 15.6. The number of fused-ring (bicyclic) bond motifs is 2. The molecule has 3 aromatic carbocycles. The molecular weight excluding hydrogens is 965 g/mol. The number of hydrogen-bond acceptors (Lipinski definition) is 13. The zero-order valence-electron chi connectivity index (χ0n) is 43.1. The van der Waals surface area contributed by atoms with E-state index in [9.17, 15) is 29.1 Å². The number of benzene rings is 3. The van der Waals surface area contributed by atoms with E-state index in [1.54, 1.807) is 56.9 Å². The number of aromatic nitrogens is 3. The van der Waals surface area contributed by atoms with Crippen LogP contribution in [0.15, 0.2) is 66.3 Å². The predicted octanol–water partition coefficient (Wildman–Crippen LogP) is 5.39. The molecule has 0 bridgehead atoms. The Balaban J connectivity index is 0.718. The van der Waals surface area contributed by atoms with Gasteiger partial charge >= 0.3 is 0 Å². The van der Waals surface area contributed by atoms with Gasteiger partial charge < -0.3 is 54.8 Å². The Morgan fingerprint density at radius 3 is 2.36 bits per heavy atom. The summed E-state index contributed by atoms with van der Waals surface area (Å²) in [5.41, 5.74) is 9.45. The molecule has 8 rings (SSSR count). The quantitative estimate of drug-likeness (QED) is 0.0551. The van der Waals surface area contributed by atoms with Gasteiger partial charge in [-0.3, -0.25) is 24.0 Å². The zero-order chi connectivity index (χ0) is 52.5. The number of imidazole rings is 1. The molecule has 1 saturated heterocycles. The number of rotatable bonds is 22. The maximum absolute atomic E-state index is 14.0. The molecule has 394 valence electrons. The Morgan fingerprint density at radius 1 is 0.905 bits per heavy atom. The fourth-order valence-electron chi connectivity index (χ4n) is 9.67. The lowest BCUT2D eigenvalue weighted by Gasteiger charge is -2.35. The van der Waals surface area contributed by atoms with Gasteiger partial charge in [-0.1, -0.05) is 57.2 Å². The Morgan fingerprint density at radius 2 is 1.65 bits per heavy atom. The SMILES string of the molecule is COc1cc(C(=O)N[C@@H]2CCc3ccc(-c4cn5c(n4)CCC5)cc32)cc(OCCCNC(=O)COCCOCC(=O)NC(C(=O)N2C[C@H](O)C[C@H]2C(=O)NCc2ccc(-c3scnc3C)cc2)C(C)(C)C)c1C. The average Bonchev–Trinajstić information content (AvgIpc) is 4.24. The molecule has 1 fully saturated rings. The lowest BCUT2D eigenvalue weighted by molar-refractivity contribution is -0.144. The fourth-order valence-corrected chi connectivity index (χ4v) is 10.5. The molecule has 0 saturated carbocycles. The van der Waals surface area contributed by atoms with Crippen LogP contribution in [0.2, 0.25) is 0 Å². The van der Waals surface area contributed by atoms with Gasteiger partial charge in [0.05, 0.1) is 60.9 Å². The Labute approximate surface area is 435 Å². The number of thiazole rings is 1. The topological polar surface area (TPSA) is 225 Å². The van der Waals surface area contributed by atoms with E-state index in [-0.39, 0.29) is 70.4 Å². The van der Waals surface area contributed by atoms with Crippen LogP contribution in [0.1, 0.15) is 96.6 Å². The molecule has 19 heteroatoms. The van der Waals surface area contributed by atoms with Gasteiger partial charge in [-0.05, 0) is 85.4 Å². The Kier molecular flexibility index (Phi) is 17.5. The molecule has 18 nitrogen and oxygen atoms in total. The van der Waals surface area contributed by atoms with Crippen molar-refractivity contribution in [2.75, 3.05) is 53.2 Å². The highest BCUT2D eigenvalue weighted by atomic mass is 32.1. The van der Waals surface area contributed by atoms with Gasteiger partial charge in [0.15, 0.2) is 0 Å². The monoisotopic (exact) mass is 1030 g/mol. The summed E-state index contributed by atoms with van der Waals surface area (Å²) in [6.45, 7) is 10.5. The molecule has 0 radical (unpaired) electrons. The van der Waals surface area contributed by atoms with Crippen molar-refractivity contribution in [2.45, 2.75) is 110 Å². The van der Waals surface area contributed by atoms with Crippen molar-refractivity contribution in [1.29, 1.82) is 0 Å². The molecule has 5 aromatic rings. The highest BCUT2D eigenvalue weighted by Gasteiger charge is 2.44. The van der Waals surface area contributed by atoms with E-state index < -0.39 is 41.3 Å². The molecule has 5 amide bonds. The minimum Gasteiger partial charge on any atom is -0.496 e. The van der Waals surface area contributed by atoms with E-state index in [0.29, 0.717) is 30.0 Å². The number of ether oxygens (including phenoxy) is 4. The van der Waals surface area contributed by atoms with Crippen LogP contribution >= 0.6 is 11.3 Å². The number of aliphatic hydroxyl groups is 1.